The van der Waals surface area contributed by atoms with Crippen molar-refractivity contribution in [1.29, 1.82) is 0 Å². The fourth-order valence-electron chi connectivity index (χ4n) is 2.49. The van der Waals surface area contributed by atoms with Crippen molar-refractivity contribution in [1.82, 2.24) is 10.2 Å². The summed E-state index contributed by atoms with van der Waals surface area (Å²) in [6, 6.07) is 1.44. The lowest BCUT2D eigenvalue weighted by atomic mass is 9.97. The molecular formula is C12H24N2. The molecule has 2 fully saturated rings. The summed E-state index contributed by atoms with van der Waals surface area (Å²) in [7, 11) is 2.23. The van der Waals surface area contributed by atoms with Gasteiger partial charge in [-0.3, -0.25) is 0 Å². The van der Waals surface area contributed by atoms with Gasteiger partial charge in [-0.05, 0) is 51.6 Å². The zero-order chi connectivity index (χ0) is 10.2. The lowest BCUT2D eigenvalue weighted by Crippen LogP contribution is -2.49. The Bertz CT molecular complexity index is 198. The number of rotatable bonds is 3. The van der Waals surface area contributed by atoms with E-state index in [2.05, 4.69) is 31.1 Å². The second-order valence-electron chi connectivity index (χ2n) is 5.64. The highest BCUT2D eigenvalue weighted by atomic mass is 15.1. The first kappa shape index (κ1) is 10.4. The van der Waals surface area contributed by atoms with E-state index in [9.17, 15) is 0 Å². The number of likely N-dealkylation sites (tertiary alicyclic amines) is 1. The van der Waals surface area contributed by atoms with E-state index in [-0.39, 0.29) is 0 Å². The first-order valence-corrected chi connectivity index (χ1v) is 6.05. The van der Waals surface area contributed by atoms with Crippen molar-refractivity contribution in [2.75, 3.05) is 20.1 Å². The fraction of sp³-hybridized carbons (Fsp3) is 1.00. The van der Waals surface area contributed by atoms with Gasteiger partial charge in [-0.2, -0.15) is 0 Å². The third-order valence-corrected chi connectivity index (χ3v) is 4.19. The summed E-state index contributed by atoms with van der Waals surface area (Å²) in [6.45, 7) is 7.29. The zero-order valence-corrected chi connectivity index (χ0v) is 9.84. The molecule has 0 radical (unpaired) electrons. The lowest BCUT2D eigenvalue weighted by molar-refractivity contribution is 0.203. The normalized spacial score (nSPS) is 34.1. The summed E-state index contributed by atoms with van der Waals surface area (Å²) in [5, 5.41) is 3.81. The molecule has 2 rings (SSSR count). The largest absolute Gasteiger partial charge is 0.310 e. The minimum atomic E-state index is 0.621. The Morgan fingerprint density at radius 3 is 2.71 bits per heavy atom. The quantitative estimate of drug-likeness (QED) is 0.741. The van der Waals surface area contributed by atoms with Crippen LogP contribution in [0.2, 0.25) is 0 Å². The third-order valence-electron chi connectivity index (χ3n) is 4.19. The molecule has 1 heterocycles. The smallest absolute Gasteiger partial charge is 0.0198 e. The highest BCUT2D eigenvalue weighted by molar-refractivity contribution is 4.98. The molecular weight excluding hydrogens is 172 g/mol. The minimum Gasteiger partial charge on any atom is -0.310 e. The van der Waals surface area contributed by atoms with E-state index in [1.165, 1.54) is 38.8 Å². The van der Waals surface area contributed by atoms with Crippen LogP contribution in [0.25, 0.3) is 0 Å². The van der Waals surface area contributed by atoms with Gasteiger partial charge in [0.1, 0.15) is 0 Å². The van der Waals surface area contributed by atoms with Crippen LogP contribution in [0.1, 0.15) is 39.5 Å². The summed E-state index contributed by atoms with van der Waals surface area (Å²) < 4.78 is 0. The molecule has 2 unspecified atom stereocenters. The topological polar surface area (TPSA) is 15.3 Å². The van der Waals surface area contributed by atoms with Crippen LogP contribution in [0, 0.1) is 5.41 Å². The van der Waals surface area contributed by atoms with Crippen LogP contribution < -0.4 is 5.32 Å². The van der Waals surface area contributed by atoms with E-state index < -0.39 is 0 Å². The lowest BCUT2D eigenvalue weighted by Gasteiger charge is -2.34. The molecule has 0 spiro atoms. The molecule has 1 aliphatic heterocycles. The van der Waals surface area contributed by atoms with Crippen molar-refractivity contribution >= 4 is 0 Å². The Balaban J connectivity index is 1.78. The summed E-state index contributed by atoms with van der Waals surface area (Å²) in [5.74, 6) is 0. The van der Waals surface area contributed by atoms with Crippen LogP contribution in [0.3, 0.4) is 0 Å². The molecule has 1 saturated heterocycles. The van der Waals surface area contributed by atoms with E-state index in [0.29, 0.717) is 11.5 Å². The predicted molar refractivity (Wildman–Crippen MR) is 60.5 cm³/mol. The first-order valence-electron chi connectivity index (χ1n) is 6.05. The molecule has 14 heavy (non-hydrogen) atoms. The number of nitrogens with one attached hydrogen (secondary N) is 1. The van der Waals surface area contributed by atoms with Crippen LogP contribution in [0.15, 0.2) is 0 Å². The molecule has 2 nitrogen and oxygen atoms in total. The molecule has 1 aliphatic carbocycles. The number of nitrogens with zero attached hydrogens (tertiary/aromatic N) is 1. The molecule has 82 valence electrons. The molecule has 0 aromatic heterocycles. The maximum Gasteiger partial charge on any atom is 0.0198 e. The SMILES string of the molecule is CC(NC1CCCN(C)C1)C1(C)CC1. The van der Waals surface area contributed by atoms with Crippen molar-refractivity contribution in [3.05, 3.63) is 0 Å². The van der Waals surface area contributed by atoms with Crippen molar-refractivity contribution < 1.29 is 0 Å². The summed E-state index contributed by atoms with van der Waals surface area (Å²) >= 11 is 0. The Morgan fingerprint density at radius 2 is 2.14 bits per heavy atom. The average molecular weight is 196 g/mol. The number of likely N-dealkylation sites (N-methyl/N-ethyl adjacent to an activating group) is 1. The molecule has 0 aromatic rings. The van der Waals surface area contributed by atoms with Crippen LogP contribution in [-0.4, -0.2) is 37.1 Å². The van der Waals surface area contributed by atoms with E-state index >= 15 is 0 Å². The van der Waals surface area contributed by atoms with Gasteiger partial charge in [0, 0.05) is 18.6 Å². The van der Waals surface area contributed by atoms with Gasteiger partial charge >= 0.3 is 0 Å². The monoisotopic (exact) mass is 196 g/mol. The summed E-state index contributed by atoms with van der Waals surface area (Å²) in [6.07, 6.45) is 5.57. The highest BCUT2D eigenvalue weighted by Crippen LogP contribution is 2.48. The maximum absolute atomic E-state index is 3.81. The highest BCUT2D eigenvalue weighted by Gasteiger charge is 2.43. The van der Waals surface area contributed by atoms with Crippen molar-refractivity contribution in [3.8, 4) is 0 Å². The number of hydrogen-bond donors (Lipinski definition) is 1. The molecule has 1 N–H and O–H groups in total. The Morgan fingerprint density at radius 1 is 1.43 bits per heavy atom. The number of hydrogen-bond acceptors (Lipinski definition) is 2. The standard InChI is InChI=1S/C12H24N2/c1-10(12(2)6-7-12)13-11-5-4-8-14(3)9-11/h10-11,13H,4-9H2,1-3H3. The molecule has 0 bridgehead atoms. The zero-order valence-electron chi connectivity index (χ0n) is 9.84. The maximum atomic E-state index is 3.81. The van der Waals surface area contributed by atoms with Crippen LogP contribution in [0.4, 0.5) is 0 Å². The van der Waals surface area contributed by atoms with E-state index in [1.54, 1.807) is 0 Å². The van der Waals surface area contributed by atoms with Gasteiger partial charge in [-0.1, -0.05) is 6.92 Å². The predicted octanol–water partition coefficient (Wildman–Crippen LogP) is 1.86. The average Bonchev–Trinajstić information content (AvgIpc) is 2.85. The van der Waals surface area contributed by atoms with Crippen LogP contribution in [0.5, 0.6) is 0 Å². The second kappa shape index (κ2) is 3.82. The first-order chi connectivity index (χ1) is 6.60. The van der Waals surface area contributed by atoms with Crippen molar-refractivity contribution in [3.63, 3.8) is 0 Å². The molecule has 0 aromatic carbocycles. The fourth-order valence-corrected chi connectivity index (χ4v) is 2.49. The Labute approximate surface area is 88.1 Å². The van der Waals surface area contributed by atoms with Gasteiger partial charge in [0.2, 0.25) is 0 Å². The minimum absolute atomic E-state index is 0.621. The Hall–Kier alpha value is -0.0800. The summed E-state index contributed by atoms with van der Waals surface area (Å²) in [5.41, 5.74) is 0.621. The Kier molecular flexibility index (Phi) is 2.85. The second-order valence-corrected chi connectivity index (χ2v) is 5.64. The van der Waals surface area contributed by atoms with E-state index in [1.807, 2.05) is 0 Å². The van der Waals surface area contributed by atoms with Crippen LogP contribution in [-0.2, 0) is 0 Å². The molecule has 2 heteroatoms. The van der Waals surface area contributed by atoms with E-state index in [4.69, 9.17) is 0 Å². The molecule has 1 saturated carbocycles. The molecule has 2 atom stereocenters. The molecule has 2 aliphatic rings. The molecule has 0 amide bonds. The van der Waals surface area contributed by atoms with Gasteiger partial charge in [-0.25, -0.2) is 0 Å². The third kappa shape index (κ3) is 2.29. The van der Waals surface area contributed by atoms with Crippen molar-refractivity contribution in [2.24, 2.45) is 5.41 Å². The van der Waals surface area contributed by atoms with Gasteiger partial charge in [0.05, 0.1) is 0 Å². The number of piperidine rings is 1. The van der Waals surface area contributed by atoms with E-state index in [0.717, 1.165) is 6.04 Å². The van der Waals surface area contributed by atoms with Crippen LogP contribution >= 0.6 is 0 Å². The van der Waals surface area contributed by atoms with Gasteiger partial charge in [-0.15, -0.1) is 0 Å². The van der Waals surface area contributed by atoms with Crippen molar-refractivity contribution in [2.45, 2.75) is 51.6 Å². The van der Waals surface area contributed by atoms with Gasteiger partial charge < -0.3 is 10.2 Å². The summed E-state index contributed by atoms with van der Waals surface area (Å²) in [4.78, 5) is 2.45. The van der Waals surface area contributed by atoms with Gasteiger partial charge in [0.25, 0.3) is 0 Å². The van der Waals surface area contributed by atoms with Gasteiger partial charge in [0.15, 0.2) is 0 Å².